The molecule has 2 saturated heterocycles. The molecule has 2 aliphatic heterocycles. The van der Waals surface area contributed by atoms with Gasteiger partial charge in [-0.2, -0.15) is 0 Å². The molecule has 3 heterocycles. The summed E-state index contributed by atoms with van der Waals surface area (Å²) in [6.07, 6.45) is 2.77. The topological polar surface area (TPSA) is 194 Å². The maximum Gasteiger partial charge on any atom is 0.410 e. The molecule has 4 aromatic rings. The molecule has 3 aromatic carbocycles. The van der Waals surface area contributed by atoms with E-state index in [1.54, 1.807) is 29.2 Å². The van der Waals surface area contributed by atoms with Gasteiger partial charge in [-0.15, -0.1) is 0 Å². The third kappa shape index (κ3) is 9.89. The Morgan fingerprint density at radius 2 is 1.59 bits per heavy atom. The van der Waals surface area contributed by atoms with Gasteiger partial charge in [-0.05, 0) is 60.9 Å². The molecule has 15 heteroatoms. The van der Waals surface area contributed by atoms with Gasteiger partial charge in [0.1, 0.15) is 29.7 Å². The number of carbonyl (C=O) groups excluding carboxylic acids is 4. The Bertz CT molecular complexity index is 2020. The van der Waals surface area contributed by atoms with Gasteiger partial charge in [-0.1, -0.05) is 66.7 Å². The van der Waals surface area contributed by atoms with Crippen LogP contribution in [0.2, 0.25) is 0 Å². The lowest BCUT2D eigenvalue weighted by Gasteiger charge is -2.29. The Morgan fingerprint density at radius 3 is 2.28 bits per heavy atom. The van der Waals surface area contributed by atoms with Gasteiger partial charge >= 0.3 is 6.09 Å². The highest BCUT2D eigenvalue weighted by Crippen LogP contribution is 2.26. The van der Waals surface area contributed by atoms with Crippen molar-refractivity contribution in [2.75, 3.05) is 25.9 Å². The number of para-hydroxylation sites is 2. The van der Waals surface area contributed by atoms with E-state index in [0.29, 0.717) is 37.2 Å². The number of hydrogen-bond acceptors (Lipinski definition) is 10. The number of benzene rings is 3. The van der Waals surface area contributed by atoms with Crippen molar-refractivity contribution in [2.24, 2.45) is 5.73 Å². The number of carbonyl (C=O) groups is 4. The highest BCUT2D eigenvalue weighted by atomic mass is 32.2. The van der Waals surface area contributed by atoms with Crippen molar-refractivity contribution < 1.29 is 36.7 Å². The summed E-state index contributed by atoms with van der Waals surface area (Å²) in [5, 5.41) is 2.85. The number of likely N-dealkylation sites (tertiary alicyclic amines) is 2. The highest BCUT2D eigenvalue weighted by Gasteiger charge is 2.45. The molecule has 0 radical (unpaired) electrons. The number of nitrogens with two attached hydrogens (primary N) is 1. The number of Topliss-reactive ketones (excluding diaryl/α,β-unsaturated/α-hetero) is 1. The fraction of sp³-hybridized carbons (Fsp3) is 0.410. The number of sulfonamides is 1. The molecule has 286 valence electrons. The van der Waals surface area contributed by atoms with Crippen molar-refractivity contribution >= 4 is 44.8 Å². The fourth-order valence-electron chi connectivity index (χ4n) is 6.97. The SMILES string of the molecule is CS(=O)(=O)N[C@H](CCc1ccccc1)C(=O)N1C[C@H](OC(=O)N2CCCCC2)C[C@H]1C(=O)N[C@@H](Cc1ccc(CN)cc1)C(=O)c1nc2ccccc2o1. The molecule has 2 fully saturated rings. The van der Waals surface area contributed by atoms with Crippen LogP contribution in [-0.2, 0) is 43.7 Å². The predicted molar refractivity (Wildman–Crippen MR) is 201 cm³/mol. The van der Waals surface area contributed by atoms with Crippen LogP contribution in [0, 0.1) is 0 Å². The first-order chi connectivity index (χ1) is 26.0. The van der Waals surface area contributed by atoms with Crippen LogP contribution in [0.4, 0.5) is 4.79 Å². The molecule has 0 unspecified atom stereocenters. The summed E-state index contributed by atoms with van der Waals surface area (Å²) in [6.45, 7) is 1.28. The monoisotopic (exact) mass is 758 g/mol. The zero-order chi connectivity index (χ0) is 38.2. The number of fused-ring (bicyclic) bond motifs is 1. The second-order valence-corrected chi connectivity index (χ2v) is 15.7. The number of aromatic nitrogens is 1. The zero-order valence-corrected chi connectivity index (χ0v) is 31.0. The quantitative estimate of drug-likeness (QED) is 0.161. The number of hydrogen-bond donors (Lipinski definition) is 3. The second kappa shape index (κ2) is 17.3. The van der Waals surface area contributed by atoms with Gasteiger partial charge in [-0.3, -0.25) is 14.4 Å². The normalized spacial score (nSPS) is 18.6. The van der Waals surface area contributed by atoms with E-state index in [9.17, 15) is 27.6 Å². The van der Waals surface area contributed by atoms with E-state index in [0.717, 1.165) is 42.2 Å². The van der Waals surface area contributed by atoms with Crippen LogP contribution in [0.1, 0.15) is 59.5 Å². The minimum atomic E-state index is -3.86. The Balaban J connectivity index is 1.28. The van der Waals surface area contributed by atoms with Gasteiger partial charge in [0.05, 0.1) is 12.8 Å². The van der Waals surface area contributed by atoms with Crippen LogP contribution in [0.3, 0.4) is 0 Å². The number of ether oxygens (including phenoxy) is 1. The number of ketones is 1. The van der Waals surface area contributed by atoms with Crippen molar-refractivity contribution in [1.82, 2.24) is 24.8 Å². The molecular weight excluding hydrogens is 713 g/mol. The van der Waals surface area contributed by atoms with Gasteiger partial charge in [0, 0.05) is 32.5 Å². The number of amides is 3. The summed E-state index contributed by atoms with van der Waals surface area (Å²) in [4.78, 5) is 63.2. The molecule has 4 N–H and O–H groups in total. The Morgan fingerprint density at radius 1 is 0.907 bits per heavy atom. The molecule has 4 atom stereocenters. The first-order valence-electron chi connectivity index (χ1n) is 18.2. The van der Waals surface area contributed by atoms with Crippen LogP contribution in [-0.4, -0.2) is 97.0 Å². The lowest BCUT2D eigenvalue weighted by molar-refractivity contribution is -0.140. The summed E-state index contributed by atoms with van der Waals surface area (Å²) in [6, 6.07) is 20.0. The summed E-state index contributed by atoms with van der Waals surface area (Å²) in [5.74, 6) is -2.08. The van der Waals surface area contributed by atoms with Crippen LogP contribution >= 0.6 is 0 Å². The molecule has 6 rings (SSSR count). The minimum Gasteiger partial charge on any atom is -0.444 e. The highest BCUT2D eigenvalue weighted by molar-refractivity contribution is 7.88. The average Bonchev–Trinajstić information content (AvgIpc) is 3.81. The van der Waals surface area contributed by atoms with Crippen molar-refractivity contribution in [3.05, 3.63) is 101 Å². The molecule has 0 spiro atoms. The van der Waals surface area contributed by atoms with Crippen molar-refractivity contribution in [2.45, 2.75) is 75.7 Å². The van der Waals surface area contributed by atoms with E-state index in [1.165, 1.54) is 4.90 Å². The van der Waals surface area contributed by atoms with Crippen LogP contribution in [0.25, 0.3) is 11.1 Å². The van der Waals surface area contributed by atoms with E-state index < -0.39 is 57.9 Å². The molecular formula is C39H46N6O8S. The van der Waals surface area contributed by atoms with Gasteiger partial charge < -0.3 is 30.0 Å². The van der Waals surface area contributed by atoms with E-state index in [1.807, 2.05) is 54.6 Å². The number of nitrogens with one attached hydrogen (secondary N) is 2. The maximum atomic E-state index is 14.4. The summed E-state index contributed by atoms with van der Waals surface area (Å²) in [5.41, 5.74) is 9.19. The zero-order valence-electron chi connectivity index (χ0n) is 30.2. The van der Waals surface area contributed by atoms with E-state index in [4.69, 9.17) is 14.9 Å². The molecule has 1 aromatic heterocycles. The second-order valence-electron chi connectivity index (χ2n) is 13.9. The Hall–Kier alpha value is -5.12. The van der Waals surface area contributed by atoms with Crippen molar-refractivity contribution in [3.8, 4) is 0 Å². The lowest BCUT2D eigenvalue weighted by Crippen LogP contribution is -2.55. The smallest absolute Gasteiger partial charge is 0.410 e. The molecule has 54 heavy (non-hydrogen) atoms. The minimum absolute atomic E-state index is 0.0591. The fourth-order valence-corrected chi connectivity index (χ4v) is 7.70. The number of piperidine rings is 1. The Kier molecular flexibility index (Phi) is 12.4. The third-order valence-corrected chi connectivity index (χ3v) is 10.5. The molecule has 14 nitrogen and oxygen atoms in total. The van der Waals surface area contributed by atoms with E-state index in [-0.39, 0.29) is 31.7 Å². The van der Waals surface area contributed by atoms with Crippen LogP contribution in [0.15, 0.2) is 83.3 Å². The molecule has 2 aliphatic rings. The first kappa shape index (κ1) is 38.6. The van der Waals surface area contributed by atoms with Crippen LogP contribution in [0.5, 0.6) is 0 Å². The third-order valence-electron chi connectivity index (χ3n) is 9.79. The van der Waals surface area contributed by atoms with Gasteiger partial charge in [0.15, 0.2) is 5.58 Å². The summed E-state index contributed by atoms with van der Waals surface area (Å²) < 4.78 is 39.1. The average molecular weight is 759 g/mol. The Labute approximate surface area is 314 Å². The first-order valence-corrected chi connectivity index (χ1v) is 20.1. The van der Waals surface area contributed by atoms with Gasteiger partial charge in [0.25, 0.3) is 5.89 Å². The lowest BCUT2D eigenvalue weighted by atomic mass is 10.00. The van der Waals surface area contributed by atoms with Gasteiger partial charge in [-0.25, -0.2) is 22.9 Å². The largest absolute Gasteiger partial charge is 0.444 e. The van der Waals surface area contributed by atoms with E-state index in [2.05, 4.69) is 15.0 Å². The van der Waals surface area contributed by atoms with E-state index >= 15 is 0 Å². The molecule has 0 bridgehead atoms. The maximum absolute atomic E-state index is 14.4. The number of aryl methyl sites for hydroxylation is 1. The van der Waals surface area contributed by atoms with Gasteiger partial charge in [0.2, 0.25) is 27.6 Å². The number of rotatable bonds is 14. The number of nitrogens with zero attached hydrogens (tertiary/aromatic N) is 3. The molecule has 0 saturated carbocycles. The standard InChI is InChI=1S/C39H46N6O8S/c1-54(50,51)43-31(19-18-26-10-4-2-5-11-26)38(48)45-25-29(52-39(49)44-20-8-3-9-21-44)23-33(45)36(47)41-32(22-27-14-16-28(24-40)17-15-27)35(46)37-42-30-12-6-7-13-34(30)53-37/h2,4-7,10-17,29,31-33,43H,3,8-9,18-25,40H2,1H3,(H,41,47)/t29-,31-,32+,33+/m1/s1. The molecule has 0 aliphatic carbocycles. The summed E-state index contributed by atoms with van der Waals surface area (Å²) in [7, 11) is -3.86. The number of oxazole rings is 1. The molecule has 3 amide bonds. The van der Waals surface area contributed by atoms with Crippen LogP contribution < -0.4 is 15.8 Å². The van der Waals surface area contributed by atoms with Crippen molar-refractivity contribution in [3.63, 3.8) is 0 Å². The predicted octanol–water partition coefficient (Wildman–Crippen LogP) is 3.34. The summed E-state index contributed by atoms with van der Waals surface area (Å²) >= 11 is 0. The van der Waals surface area contributed by atoms with Crippen molar-refractivity contribution in [1.29, 1.82) is 0 Å².